The molecule has 0 bridgehead atoms. The van der Waals surface area contributed by atoms with Gasteiger partial charge in [-0.1, -0.05) is 29.8 Å². The van der Waals surface area contributed by atoms with Crippen molar-refractivity contribution in [1.82, 2.24) is 4.90 Å². The highest BCUT2D eigenvalue weighted by Gasteiger charge is 2.23. The predicted molar refractivity (Wildman–Crippen MR) is 73.1 cm³/mol. The van der Waals surface area contributed by atoms with E-state index in [0.717, 1.165) is 5.56 Å². The average molecular weight is 263 g/mol. The van der Waals surface area contributed by atoms with Crippen LogP contribution in [0.4, 0.5) is 0 Å². The summed E-state index contributed by atoms with van der Waals surface area (Å²) in [5, 5.41) is 0. The van der Waals surface area contributed by atoms with Gasteiger partial charge in [-0.3, -0.25) is 4.79 Å². The molecule has 19 heavy (non-hydrogen) atoms. The number of hydrogen-bond acceptors (Lipinski definition) is 3. The first-order valence-corrected chi connectivity index (χ1v) is 6.63. The Morgan fingerprint density at radius 1 is 1.53 bits per heavy atom. The van der Waals surface area contributed by atoms with Crippen molar-refractivity contribution < 1.29 is 14.3 Å². The van der Waals surface area contributed by atoms with Crippen LogP contribution in [-0.2, 0) is 20.7 Å². The van der Waals surface area contributed by atoms with Gasteiger partial charge in [-0.05, 0) is 12.5 Å². The van der Waals surface area contributed by atoms with Gasteiger partial charge >= 0.3 is 0 Å². The molecule has 0 N–H and O–H groups in total. The highest BCUT2D eigenvalue weighted by Crippen LogP contribution is 2.10. The van der Waals surface area contributed by atoms with Crippen LogP contribution in [0.25, 0.3) is 0 Å². The summed E-state index contributed by atoms with van der Waals surface area (Å²) in [4.78, 5) is 14.1. The van der Waals surface area contributed by atoms with Crippen LogP contribution < -0.4 is 0 Å². The van der Waals surface area contributed by atoms with Crippen molar-refractivity contribution in [3.63, 3.8) is 0 Å². The molecule has 0 aromatic heterocycles. The fourth-order valence-corrected chi connectivity index (χ4v) is 2.34. The van der Waals surface area contributed by atoms with E-state index in [4.69, 9.17) is 9.47 Å². The number of methoxy groups -OCH3 is 1. The Hall–Kier alpha value is -1.39. The topological polar surface area (TPSA) is 38.8 Å². The number of hydrogen-bond donors (Lipinski definition) is 0. The molecular formula is C15H21NO3. The minimum Gasteiger partial charge on any atom is -0.382 e. The van der Waals surface area contributed by atoms with Crippen molar-refractivity contribution in [1.29, 1.82) is 0 Å². The van der Waals surface area contributed by atoms with Gasteiger partial charge in [0.15, 0.2) is 0 Å². The maximum atomic E-state index is 12.3. The first kappa shape index (κ1) is 14.0. The van der Waals surface area contributed by atoms with E-state index >= 15 is 0 Å². The van der Waals surface area contributed by atoms with E-state index < -0.39 is 0 Å². The standard InChI is InChI=1S/C15H21NO3/c1-12-4-3-5-13(8-12)9-15(17)16-6-7-19-14(10-16)11-18-2/h3-5,8,14H,6-7,9-11H2,1-2H3/t14-/m0/s1. The first-order chi connectivity index (χ1) is 9.19. The fraction of sp³-hybridized carbons (Fsp3) is 0.533. The lowest BCUT2D eigenvalue weighted by molar-refractivity contribution is -0.140. The van der Waals surface area contributed by atoms with Crippen molar-refractivity contribution >= 4 is 5.91 Å². The van der Waals surface area contributed by atoms with Crippen LogP contribution in [0.2, 0.25) is 0 Å². The van der Waals surface area contributed by atoms with Crippen molar-refractivity contribution in [3.8, 4) is 0 Å². The lowest BCUT2D eigenvalue weighted by atomic mass is 10.1. The van der Waals surface area contributed by atoms with Crippen LogP contribution in [0.3, 0.4) is 0 Å². The van der Waals surface area contributed by atoms with Crippen molar-refractivity contribution in [2.75, 3.05) is 33.4 Å². The van der Waals surface area contributed by atoms with Gasteiger partial charge in [0.2, 0.25) is 5.91 Å². The second-order valence-corrected chi connectivity index (χ2v) is 4.95. The van der Waals surface area contributed by atoms with E-state index in [1.54, 1.807) is 7.11 Å². The molecule has 1 saturated heterocycles. The second-order valence-electron chi connectivity index (χ2n) is 4.95. The Kier molecular flexibility index (Phi) is 4.93. The normalized spacial score (nSPS) is 19.5. The molecule has 0 radical (unpaired) electrons. The number of morpholine rings is 1. The SMILES string of the molecule is COC[C@@H]1CN(C(=O)Cc2cccc(C)c2)CCO1. The van der Waals surface area contributed by atoms with E-state index in [0.29, 0.717) is 32.7 Å². The van der Waals surface area contributed by atoms with E-state index in [1.807, 2.05) is 30.0 Å². The Labute approximate surface area is 114 Å². The number of amides is 1. The zero-order chi connectivity index (χ0) is 13.7. The zero-order valence-electron chi connectivity index (χ0n) is 11.6. The molecule has 2 rings (SSSR count). The molecule has 104 valence electrons. The van der Waals surface area contributed by atoms with Crippen LogP contribution >= 0.6 is 0 Å². The molecule has 1 heterocycles. The van der Waals surface area contributed by atoms with E-state index in [1.165, 1.54) is 5.56 Å². The third-order valence-electron chi connectivity index (χ3n) is 3.28. The molecule has 1 aromatic rings. The molecule has 4 nitrogen and oxygen atoms in total. The molecule has 1 atom stereocenters. The van der Waals surface area contributed by atoms with Gasteiger partial charge in [0.1, 0.15) is 0 Å². The summed E-state index contributed by atoms with van der Waals surface area (Å²) >= 11 is 0. The maximum Gasteiger partial charge on any atom is 0.227 e. The summed E-state index contributed by atoms with van der Waals surface area (Å²) in [6, 6.07) is 8.09. The smallest absolute Gasteiger partial charge is 0.227 e. The van der Waals surface area contributed by atoms with E-state index in [9.17, 15) is 4.79 Å². The largest absolute Gasteiger partial charge is 0.382 e. The lowest BCUT2D eigenvalue weighted by Gasteiger charge is -2.32. The summed E-state index contributed by atoms with van der Waals surface area (Å²) in [6.07, 6.45) is 0.460. The van der Waals surface area contributed by atoms with E-state index in [-0.39, 0.29) is 12.0 Å². The van der Waals surface area contributed by atoms with Crippen LogP contribution in [0.15, 0.2) is 24.3 Å². The summed E-state index contributed by atoms with van der Waals surface area (Å²) in [5.41, 5.74) is 2.25. The molecule has 4 heteroatoms. The molecular weight excluding hydrogens is 242 g/mol. The van der Waals surface area contributed by atoms with Crippen LogP contribution in [0.5, 0.6) is 0 Å². The highest BCUT2D eigenvalue weighted by atomic mass is 16.5. The molecule has 1 amide bonds. The van der Waals surface area contributed by atoms with Crippen molar-refractivity contribution in [2.45, 2.75) is 19.4 Å². The molecule has 0 saturated carbocycles. The Morgan fingerprint density at radius 3 is 3.11 bits per heavy atom. The van der Waals surface area contributed by atoms with Gasteiger partial charge in [0.25, 0.3) is 0 Å². The Bertz CT molecular complexity index is 431. The third kappa shape index (κ3) is 4.04. The summed E-state index contributed by atoms with van der Waals surface area (Å²) in [7, 11) is 1.65. The van der Waals surface area contributed by atoms with Gasteiger partial charge in [0.05, 0.1) is 25.7 Å². The number of carbonyl (C=O) groups is 1. The van der Waals surface area contributed by atoms with E-state index in [2.05, 4.69) is 6.07 Å². The molecule has 1 aliphatic heterocycles. The average Bonchev–Trinajstić information content (AvgIpc) is 2.39. The van der Waals surface area contributed by atoms with Gasteiger partial charge in [-0.2, -0.15) is 0 Å². The Balaban J connectivity index is 1.92. The summed E-state index contributed by atoms with van der Waals surface area (Å²) < 4.78 is 10.6. The zero-order valence-corrected chi connectivity index (χ0v) is 11.6. The minimum absolute atomic E-state index is 0.000194. The predicted octanol–water partition coefficient (Wildman–Crippen LogP) is 1.41. The number of carbonyl (C=O) groups excluding carboxylic acids is 1. The van der Waals surface area contributed by atoms with Crippen molar-refractivity contribution in [2.24, 2.45) is 0 Å². The molecule has 0 aliphatic carbocycles. The second kappa shape index (κ2) is 6.68. The van der Waals surface area contributed by atoms with Gasteiger partial charge in [-0.15, -0.1) is 0 Å². The number of benzene rings is 1. The fourth-order valence-electron chi connectivity index (χ4n) is 2.34. The van der Waals surface area contributed by atoms with Gasteiger partial charge in [0, 0.05) is 20.2 Å². The number of nitrogens with zero attached hydrogens (tertiary/aromatic N) is 1. The summed E-state index contributed by atoms with van der Waals surface area (Å²) in [5.74, 6) is 0.162. The molecule has 1 fully saturated rings. The number of rotatable bonds is 4. The summed E-state index contributed by atoms with van der Waals surface area (Å²) in [6.45, 7) is 4.46. The number of aryl methyl sites for hydroxylation is 1. The number of ether oxygens (including phenoxy) is 2. The minimum atomic E-state index is 0.000194. The van der Waals surface area contributed by atoms with Crippen molar-refractivity contribution in [3.05, 3.63) is 35.4 Å². The molecule has 1 aliphatic rings. The maximum absolute atomic E-state index is 12.3. The molecule has 0 unspecified atom stereocenters. The van der Waals surface area contributed by atoms with Gasteiger partial charge < -0.3 is 14.4 Å². The molecule has 0 spiro atoms. The third-order valence-corrected chi connectivity index (χ3v) is 3.28. The monoisotopic (exact) mass is 263 g/mol. The van der Waals surface area contributed by atoms with Crippen LogP contribution in [0.1, 0.15) is 11.1 Å². The van der Waals surface area contributed by atoms with Crippen LogP contribution in [0, 0.1) is 6.92 Å². The highest BCUT2D eigenvalue weighted by molar-refractivity contribution is 5.79. The van der Waals surface area contributed by atoms with Crippen LogP contribution in [-0.4, -0.2) is 50.3 Å². The lowest BCUT2D eigenvalue weighted by Crippen LogP contribution is -2.47. The quantitative estimate of drug-likeness (QED) is 0.824. The Morgan fingerprint density at radius 2 is 2.37 bits per heavy atom. The van der Waals surface area contributed by atoms with Gasteiger partial charge in [-0.25, -0.2) is 0 Å². The first-order valence-electron chi connectivity index (χ1n) is 6.63. The molecule has 1 aromatic carbocycles.